The van der Waals surface area contributed by atoms with Crippen molar-refractivity contribution in [3.63, 3.8) is 0 Å². The van der Waals surface area contributed by atoms with Gasteiger partial charge in [0, 0.05) is 11.8 Å². The molecule has 1 aromatic heterocycles. The molecule has 0 bridgehead atoms. The van der Waals surface area contributed by atoms with Crippen LogP contribution in [-0.4, -0.2) is 21.9 Å². The molecule has 6 nitrogen and oxygen atoms in total. The minimum Gasteiger partial charge on any atom is -0.350 e. The van der Waals surface area contributed by atoms with Crippen molar-refractivity contribution in [2.75, 3.05) is 0 Å². The summed E-state index contributed by atoms with van der Waals surface area (Å²) in [6, 6.07) is -0.672. The summed E-state index contributed by atoms with van der Waals surface area (Å²) in [5.41, 5.74) is 8.61. The molecule has 70 valence electrons. The van der Waals surface area contributed by atoms with E-state index in [2.05, 4.69) is 20.7 Å². The van der Waals surface area contributed by atoms with Crippen LogP contribution in [-0.2, 0) is 0 Å². The maximum absolute atomic E-state index is 10.4. The zero-order chi connectivity index (χ0) is 9.68. The van der Waals surface area contributed by atoms with Crippen LogP contribution < -0.4 is 11.2 Å². The first-order valence-electron chi connectivity index (χ1n) is 3.85. The van der Waals surface area contributed by atoms with E-state index in [1.165, 1.54) is 0 Å². The van der Waals surface area contributed by atoms with Crippen LogP contribution in [0.2, 0.25) is 0 Å². The largest absolute Gasteiger partial charge is 0.350 e. The molecule has 0 aliphatic rings. The van der Waals surface area contributed by atoms with Gasteiger partial charge in [-0.2, -0.15) is 10.2 Å². The molecule has 0 saturated heterocycles. The first-order valence-corrected chi connectivity index (χ1v) is 3.85. The highest BCUT2D eigenvalue weighted by molar-refractivity contribution is 6.00. The average Bonchev–Trinajstić information content (AvgIpc) is 2.58. The molecule has 1 rings (SSSR count). The van der Waals surface area contributed by atoms with Gasteiger partial charge in [-0.1, -0.05) is 6.92 Å². The van der Waals surface area contributed by atoms with Gasteiger partial charge >= 0.3 is 6.03 Å². The molecular formula is C7H11N5O. The van der Waals surface area contributed by atoms with Crippen LogP contribution in [0.15, 0.2) is 17.5 Å². The molecule has 2 amide bonds. The molecule has 1 heterocycles. The molecule has 0 aromatic carbocycles. The van der Waals surface area contributed by atoms with Crippen molar-refractivity contribution in [3.8, 4) is 0 Å². The van der Waals surface area contributed by atoms with Gasteiger partial charge in [-0.3, -0.25) is 5.10 Å². The van der Waals surface area contributed by atoms with E-state index in [0.717, 1.165) is 11.3 Å². The molecule has 0 fully saturated rings. The number of aromatic nitrogens is 2. The number of H-pyrrole nitrogens is 1. The number of nitrogens with zero attached hydrogens (tertiary/aromatic N) is 2. The normalized spacial score (nSPS) is 11.3. The molecule has 0 aliphatic heterocycles. The van der Waals surface area contributed by atoms with Gasteiger partial charge in [0.15, 0.2) is 0 Å². The second kappa shape index (κ2) is 4.24. The SMILES string of the molecule is CC/C(=N\NC(N)=O)c1cn[nH]c1. The first kappa shape index (κ1) is 9.24. The van der Waals surface area contributed by atoms with E-state index in [1.807, 2.05) is 6.92 Å². The molecule has 6 heteroatoms. The van der Waals surface area contributed by atoms with Gasteiger partial charge in [-0.25, -0.2) is 10.2 Å². The zero-order valence-corrected chi connectivity index (χ0v) is 7.24. The van der Waals surface area contributed by atoms with E-state index in [9.17, 15) is 4.79 Å². The lowest BCUT2D eigenvalue weighted by Crippen LogP contribution is -2.25. The highest BCUT2D eigenvalue weighted by Gasteiger charge is 2.01. The van der Waals surface area contributed by atoms with Gasteiger partial charge in [0.1, 0.15) is 0 Å². The Labute approximate surface area is 75.2 Å². The third-order valence-electron chi connectivity index (χ3n) is 1.47. The number of hydrogen-bond acceptors (Lipinski definition) is 3. The Morgan fingerprint density at radius 1 is 1.85 bits per heavy atom. The number of hydrazone groups is 1. The molecule has 0 saturated carbocycles. The van der Waals surface area contributed by atoms with Gasteiger partial charge in [0.2, 0.25) is 0 Å². The maximum Gasteiger partial charge on any atom is 0.332 e. The van der Waals surface area contributed by atoms with Gasteiger partial charge in [0.25, 0.3) is 0 Å². The Balaban J connectivity index is 2.73. The summed E-state index contributed by atoms with van der Waals surface area (Å²) in [5, 5.41) is 10.2. The number of urea groups is 1. The first-order chi connectivity index (χ1) is 6.24. The average molecular weight is 181 g/mol. The number of aromatic amines is 1. The highest BCUT2D eigenvalue weighted by Crippen LogP contribution is 2.00. The van der Waals surface area contributed by atoms with Gasteiger partial charge in [-0.05, 0) is 6.42 Å². The Morgan fingerprint density at radius 2 is 2.62 bits per heavy atom. The van der Waals surface area contributed by atoms with Crippen LogP contribution in [0.25, 0.3) is 0 Å². The van der Waals surface area contributed by atoms with E-state index in [4.69, 9.17) is 5.73 Å². The standard InChI is InChI=1S/C7H11N5O/c1-2-6(11-12-7(8)13)5-3-9-10-4-5/h3-4H,2H2,1H3,(H,9,10)(H3,8,12,13)/b11-6+. The van der Waals surface area contributed by atoms with E-state index >= 15 is 0 Å². The van der Waals surface area contributed by atoms with Crippen LogP contribution >= 0.6 is 0 Å². The predicted molar refractivity (Wildman–Crippen MR) is 48.1 cm³/mol. The van der Waals surface area contributed by atoms with Crippen molar-refractivity contribution in [2.24, 2.45) is 10.8 Å². The van der Waals surface area contributed by atoms with Crippen LogP contribution in [0, 0.1) is 0 Å². The molecule has 0 aliphatic carbocycles. The molecule has 1 aromatic rings. The number of rotatable bonds is 3. The highest BCUT2D eigenvalue weighted by atomic mass is 16.2. The fourth-order valence-electron chi connectivity index (χ4n) is 0.879. The minimum absolute atomic E-state index is 0.672. The van der Waals surface area contributed by atoms with Crippen LogP contribution in [0.5, 0.6) is 0 Å². The number of amides is 2. The van der Waals surface area contributed by atoms with E-state index in [0.29, 0.717) is 6.42 Å². The molecular weight excluding hydrogens is 170 g/mol. The monoisotopic (exact) mass is 181 g/mol. The molecule has 0 radical (unpaired) electrons. The fraction of sp³-hybridized carbons (Fsp3) is 0.286. The van der Waals surface area contributed by atoms with Crippen molar-refractivity contribution in [3.05, 3.63) is 18.0 Å². The summed E-state index contributed by atoms with van der Waals surface area (Å²) < 4.78 is 0. The third kappa shape index (κ3) is 2.58. The topological polar surface area (TPSA) is 96.2 Å². The lowest BCUT2D eigenvalue weighted by molar-refractivity contribution is 0.249. The van der Waals surface area contributed by atoms with E-state index in [1.54, 1.807) is 12.4 Å². The molecule has 0 unspecified atom stereocenters. The maximum atomic E-state index is 10.4. The second-order valence-electron chi connectivity index (χ2n) is 2.38. The number of nitrogens with one attached hydrogen (secondary N) is 2. The Morgan fingerprint density at radius 3 is 3.08 bits per heavy atom. The number of carbonyl (C=O) groups excluding carboxylic acids is 1. The van der Waals surface area contributed by atoms with Crippen LogP contribution in [0.1, 0.15) is 18.9 Å². The summed E-state index contributed by atoms with van der Waals surface area (Å²) >= 11 is 0. The second-order valence-corrected chi connectivity index (χ2v) is 2.38. The Hall–Kier alpha value is -1.85. The van der Waals surface area contributed by atoms with Crippen LogP contribution in [0.3, 0.4) is 0 Å². The summed E-state index contributed by atoms with van der Waals surface area (Å²) in [4.78, 5) is 10.4. The van der Waals surface area contributed by atoms with Crippen molar-refractivity contribution in [1.82, 2.24) is 15.6 Å². The minimum atomic E-state index is -0.672. The van der Waals surface area contributed by atoms with Crippen molar-refractivity contribution in [1.29, 1.82) is 0 Å². The zero-order valence-electron chi connectivity index (χ0n) is 7.24. The van der Waals surface area contributed by atoms with Crippen molar-refractivity contribution in [2.45, 2.75) is 13.3 Å². The number of carbonyl (C=O) groups is 1. The van der Waals surface area contributed by atoms with Gasteiger partial charge in [-0.15, -0.1) is 0 Å². The predicted octanol–water partition coefficient (Wildman–Crippen LogP) is 0.192. The lowest BCUT2D eigenvalue weighted by Gasteiger charge is -1.98. The Bertz CT molecular complexity index is 303. The van der Waals surface area contributed by atoms with Gasteiger partial charge < -0.3 is 5.73 Å². The van der Waals surface area contributed by atoms with E-state index in [-0.39, 0.29) is 0 Å². The molecule has 4 N–H and O–H groups in total. The van der Waals surface area contributed by atoms with Crippen LogP contribution in [0.4, 0.5) is 4.79 Å². The summed E-state index contributed by atoms with van der Waals surface area (Å²) in [5.74, 6) is 0. The third-order valence-corrected chi connectivity index (χ3v) is 1.47. The van der Waals surface area contributed by atoms with Crippen molar-refractivity contribution >= 4 is 11.7 Å². The Kier molecular flexibility index (Phi) is 3.02. The molecule has 0 atom stereocenters. The molecule has 13 heavy (non-hydrogen) atoms. The number of nitrogens with two attached hydrogens (primary N) is 1. The summed E-state index contributed by atoms with van der Waals surface area (Å²) in [6.07, 6.45) is 4.02. The smallest absolute Gasteiger partial charge is 0.332 e. The molecule has 0 spiro atoms. The summed E-state index contributed by atoms with van der Waals surface area (Å²) in [6.45, 7) is 1.93. The number of primary amides is 1. The summed E-state index contributed by atoms with van der Waals surface area (Å²) in [7, 11) is 0. The quantitative estimate of drug-likeness (QED) is 0.458. The van der Waals surface area contributed by atoms with E-state index < -0.39 is 6.03 Å². The van der Waals surface area contributed by atoms with Gasteiger partial charge in [0.05, 0.1) is 11.9 Å². The number of hydrogen-bond donors (Lipinski definition) is 3. The fourth-order valence-corrected chi connectivity index (χ4v) is 0.879. The lowest BCUT2D eigenvalue weighted by atomic mass is 10.2. The van der Waals surface area contributed by atoms with Crippen molar-refractivity contribution < 1.29 is 4.79 Å².